The second-order valence-electron chi connectivity index (χ2n) is 10.8. The maximum Gasteiger partial charge on any atom is 0.537 e. The van der Waals surface area contributed by atoms with Crippen molar-refractivity contribution in [2.45, 2.75) is 72.6 Å². The molecule has 0 aliphatic rings. The van der Waals surface area contributed by atoms with Gasteiger partial charge in [-0.25, -0.2) is 0 Å². The maximum atomic E-state index is 6.05. The van der Waals surface area contributed by atoms with Gasteiger partial charge in [-0.15, -0.1) is 22.7 Å². The van der Waals surface area contributed by atoms with E-state index in [1.54, 1.807) is 0 Å². The summed E-state index contributed by atoms with van der Waals surface area (Å²) in [7, 11) is -2.88. The Kier molecular flexibility index (Phi) is 14.3. The van der Waals surface area contributed by atoms with Crippen LogP contribution in [0.15, 0.2) is 72.8 Å². The Morgan fingerprint density at radius 2 is 1.00 bits per heavy atom. The zero-order chi connectivity index (χ0) is 31.0. The molecule has 4 aromatic rings. The molecule has 2 heterocycles. The minimum atomic E-state index is -2.88. The molecule has 0 saturated heterocycles. The summed E-state index contributed by atoms with van der Waals surface area (Å²) in [4.78, 5) is 5.10. The van der Waals surface area contributed by atoms with Crippen LogP contribution in [0.3, 0.4) is 0 Å². The molecule has 0 saturated carbocycles. The first kappa shape index (κ1) is 34.3. The molecule has 0 atom stereocenters. The minimum absolute atomic E-state index is 0.559. The Morgan fingerprint density at radius 1 is 0.523 bits per heavy atom. The van der Waals surface area contributed by atoms with E-state index in [1.165, 1.54) is 75.6 Å². The molecule has 0 N–H and O–H groups in total. The Labute approximate surface area is 274 Å². The Balaban J connectivity index is 1.31. The largest absolute Gasteiger partial charge is 0.537 e. The van der Waals surface area contributed by atoms with Crippen LogP contribution in [0.2, 0.25) is 0 Å². The van der Waals surface area contributed by atoms with E-state index in [1.807, 2.05) is 43.4 Å². The van der Waals surface area contributed by atoms with Crippen molar-refractivity contribution < 1.29 is 13.3 Å². The first-order chi connectivity index (χ1) is 21.6. The van der Waals surface area contributed by atoms with Gasteiger partial charge < -0.3 is 13.3 Å². The van der Waals surface area contributed by atoms with E-state index in [2.05, 4.69) is 104 Å². The molecule has 2 aromatic carbocycles. The molecule has 234 valence electrons. The molecule has 4 rings (SSSR count). The summed E-state index contributed by atoms with van der Waals surface area (Å²) in [6.45, 7) is 9.90. The summed E-state index contributed by atoms with van der Waals surface area (Å²) in [6, 6.07) is 26.3. The summed E-state index contributed by atoms with van der Waals surface area (Å²) in [5.41, 5.74) is 3.84. The molecule has 0 bridgehead atoms. The van der Waals surface area contributed by atoms with E-state index in [4.69, 9.17) is 13.3 Å². The van der Waals surface area contributed by atoms with Crippen molar-refractivity contribution in [3.05, 3.63) is 99.2 Å². The van der Waals surface area contributed by atoms with Gasteiger partial charge in [-0.3, -0.25) is 0 Å². The second-order valence-corrected chi connectivity index (χ2v) is 15.6. The van der Waals surface area contributed by atoms with Gasteiger partial charge in [0.25, 0.3) is 0 Å². The third kappa shape index (κ3) is 10.2. The molecule has 0 spiro atoms. The highest BCUT2D eigenvalue weighted by Gasteiger charge is 2.43. The fraction of sp³-hybridized carbons (Fsp3) is 0.368. The van der Waals surface area contributed by atoms with Crippen LogP contribution in [0.5, 0.6) is 0 Å². The van der Waals surface area contributed by atoms with Crippen LogP contribution in [0.1, 0.15) is 92.7 Å². The van der Waals surface area contributed by atoms with Gasteiger partial charge in [0.05, 0.1) is 0 Å². The lowest BCUT2D eigenvalue weighted by Gasteiger charge is -2.28. The van der Waals surface area contributed by atoms with Crippen LogP contribution in [-0.4, -0.2) is 28.6 Å². The van der Waals surface area contributed by atoms with Crippen molar-refractivity contribution in [2.75, 3.05) is 19.8 Å². The van der Waals surface area contributed by atoms with Gasteiger partial charge in [0, 0.05) is 44.5 Å². The fourth-order valence-electron chi connectivity index (χ4n) is 5.15. The molecule has 0 fully saturated rings. The summed E-state index contributed by atoms with van der Waals surface area (Å²) >= 11 is 3.66. The van der Waals surface area contributed by atoms with E-state index in [0.717, 1.165) is 10.8 Å². The van der Waals surface area contributed by atoms with Crippen LogP contribution in [-0.2, 0) is 19.7 Å². The fourth-order valence-corrected chi connectivity index (χ4v) is 9.53. The number of unbranched alkanes of at least 4 members (excludes halogenated alkanes) is 5. The highest BCUT2D eigenvalue weighted by Crippen LogP contribution is 2.35. The Morgan fingerprint density at radius 3 is 1.50 bits per heavy atom. The van der Waals surface area contributed by atoms with Crippen molar-refractivity contribution in [1.82, 2.24) is 0 Å². The Hall–Kier alpha value is -2.58. The molecule has 44 heavy (non-hydrogen) atoms. The topological polar surface area (TPSA) is 27.7 Å². The number of hydrogen-bond donors (Lipinski definition) is 0. The summed E-state index contributed by atoms with van der Waals surface area (Å²) in [5.74, 6) is 0. The lowest BCUT2D eigenvalue weighted by atomic mass is 10.0. The SMILES string of the molecule is CCCCCCCCc1ccc(C=Cc2ccc(-c3ccc(C=Cc4ccc([Si](OCC)(OCC)OCC)cc4)s3)s2)cc1. The van der Waals surface area contributed by atoms with E-state index in [9.17, 15) is 0 Å². The predicted molar refractivity (Wildman–Crippen MR) is 196 cm³/mol. The molecule has 6 heteroatoms. The molecule has 0 amide bonds. The molecule has 0 aliphatic carbocycles. The molecular formula is C38H48O3S2Si. The highest BCUT2D eigenvalue weighted by molar-refractivity contribution is 7.23. The molecule has 0 radical (unpaired) electrons. The lowest BCUT2D eigenvalue weighted by molar-refractivity contribution is 0.0859. The van der Waals surface area contributed by atoms with Gasteiger partial charge in [-0.05, 0) is 86.7 Å². The normalized spacial score (nSPS) is 12.2. The van der Waals surface area contributed by atoms with Gasteiger partial charge in [0.2, 0.25) is 0 Å². The third-order valence-electron chi connectivity index (χ3n) is 7.44. The second kappa shape index (κ2) is 18.4. The first-order valence-electron chi connectivity index (χ1n) is 16.3. The number of benzene rings is 2. The number of hydrogen-bond acceptors (Lipinski definition) is 5. The van der Waals surface area contributed by atoms with Crippen molar-refractivity contribution in [3.63, 3.8) is 0 Å². The van der Waals surface area contributed by atoms with E-state index >= 15 is 0 Å². The third-order valence-corrected chi connectivity index (χ3v) is 12.8. The van der Waals surface area contributed by atoms with Crippen molar-refractivity contribution in [2.24, 2.45) is 0 Å². The van der Waals surface area contributed by atoms with Crippen LogP contribution >= 0.6 is 22.7 Å². The number of rotatable bonds is 19. The first-order valence-corrected chi connectivity index (χ1v) is 19.6. The average Bonchev–Trinajstić information content (AvgIpc) is 3.72. The predicted octanol–water partition coefficient (Wildman–Crippen LogP) is 11.0. The van der Waals surface area contributed by atoms with Gasteiger partial charge in [-0.2, -0.15) is 0 Å². The number of thiophene rings is 2. The van der Waals surface area contributed by atoms with E-state index < -0.39 is 8.80 Å². The molecular weight excluding hydrogens is 597 g/mol. The van der Waals surface area contributed by atoms with Crippen LogP contribution in [0, 0.1) is 0 Å². The zero-order valence-electron chi connectivity index (χ0n) is 26.8. The monoisotopic (exact) mass is 644 g/mol. The number of aryl methyl sites for hydroxylation is 1. The van der Waals surface area contributed by atoms with Gasteiger partial charge in [0.1, 0.15) is 0 Å². The smallest absolute Gasteiger partial charge is 0.370 e. The summed E-state index contributed by atoms with van der Waals surface area (Å²) < 4.78 is 18.2. The van der Waals surface area contributed by atoms with Crippen molar-refractivity contribution in [3.8, 4) is 9.75 Å². The van der Waals surface area contributed by atoms with E-state index in [0.29, 0.717) is 19.8 Å². The van der Waals surface area contributed by atoms with E-state index in [-0.39, 0.29) is 0 Å². The average molecular weight is 645 g/mol. The summed E-state index contributed by atoms with van der Waals surface area (Å²) in [6.07, 6.45) is 18.1. The molecule has 0 unspecified atom stereocenters. The lowest BCUT2D eigenvalue weighted by Crippen LogP contribution is -2.56. The maximum absolute atomic E-state index is 6.05. The molecule has 2 aromatic heterocycles. The quantitative estimate of drug-likeness (QED) is 0.0751. The van der Waals surface area contributed by atoms with Crippen molar-refractivity contribution in [1.29, 1.82) is 0 Å². The highest BCUT2D eigenvalue weighted by atomic mass is 32.1. The standard InChI is InChI=1S/C38H48O3S2Si/c1-5-9-10-11-12-13-14-31-15-17-32(18-16-31)19-23-34-25-29-37(42-34)38-30-26-35(43-38)24-20-33-21-27-36(28-22-33)44(39-6-2,40-7-3)41-8-4/h15-30H,5-14H2,1-4H3. The van der Waals surface area contributed by atoms with Crippen LogP contribution in [0.4, 0.5) is 0 Å². The minimum Gasteiger partial charge on any atom is -0.370 e. The zero-order valence-corrected chi connectivity index (χ0v) is 29.5. The van der Waals surface area contributed by atoms with Crippen molar-refractivity contribution >= 4 is 61.0 Å². The molecule has 0 aliphatic heterocycles. The summed E-state index contributed by atoms with van der Waals surface area (Å²) in [5, 5.41) is 1.00. The van der Waals surface area contributed by atoms with Crippen LogP contribution < -0.4 is 5.19 Å². The van der Waals surface area contributed by atoms with Crippen LogP contribution in [0.25, 0.3) is 34.1 Å². The van der Waals surface area contributed by atoms with Gasteiger partial charge >= 0.3 is 8.80 Å². The molecule has 3 nitrogen and oxygen atoms in total. The van der Waals surface area contributed by atoms with Gasteiger partial charge in [-0.1, -0.05) is 99.7 Å². The van der Waals surface area contributed by atoms with Gasteiger partial charge in [0.15, 0.2) is 0 Å². The Bertz CT molecular complexity index is 1420.